The molecule has 1 heterocycles. The number of nitrogens with zero attached hydrogens (tertiary/aromatic N) is 1. The second-order valence-corrected chi connectivity index (χ2v) is 6.94. The molecule has 7 heteroatoms. The molecule has 2 N–H and O–H groups in total. The van der Waals surface area contributed by atoms with E-state index in [0.717, 1.165) is 12.8 Å². The van der Waals surface area contributed by atoms with Gasteiger partial charge in [0.25, 0.3) is 0 Å². The predicted molar refractivity (Wildman–Crippen MR) is 79.2 cm³/mol. The Kier molecular flexibility index (Phi) is 6.08. The van der Waals surface area contributed by atoms with Crippen LogP contribution in [-0.4, -0.2) is 32.4 Å². The fourth-order valence-electron chi connectivity index (χ4n) is 2.21. The van der Waals surface area contributed by atoms with E-state index < -0.39 is 10.0 Å². The molecule has 0 aliphatic carbocycles. The van der Waals surface area contributed by atoms with Gasteiger partial charge in [-0.05, 0) is 43.5 Å². The summed E-state index contributed by atoms with van der Waals surface area (Å²) in [5.74, 6) is 0.257. The third-order valence-corrected chi connectivity index (χ3v) is 5.35. The van der Waals surface area contributed by atoms with E-state index in [0.29, 0.717) is 24.7 Å². The Hall–Kier alpha value is -0.330. The smallest absolute Gasteiger partial charge is 0.243 e. The van der Waals surface area contributed by atoms with Crippen molar-refractivity contribution in [1.82, 2.24) is 4.31 Å². The molecule has 2 rings (SSSR count). The fraction of sp³-hybridized carbons (Fsp3) is 0.500. The van der Waals surface area contributed by atoms with Crippen molar-refractivity contribution in [3.63, 3.8) is 0 Å². The van der Waals surface area contributed by atoms with Crippen LogP contribution < -0.4 is 5.73 Å². The van der Waals surface area contributed by atoms with Gasteiger partial charge < -0.3 is 5.73 Å². The van der Waals surface area contributed by atoms with Crippen LogP contribution in [-0.2, 0) is 10.0 Å². The molecule has 1 atom stereocenters. The molecule has 0 radical (unpaired) electrons. The molecule has 0 saturated carbocycles. The van der Waals surface area contributed by atoms with E-state index in [2.05, 4.69) is 0 Å². The van der Waals surface area contributed by atoms with Crippen LogP contribution >= 0.6 is 24.0 Å². The first-order chi connectivity index (χ1) is 8.54. The van der Waals surface area contributed by atoms with Gasteiger partial charge in [-0.25, -0.2) is 8.42 Å². The van der Waals surface area contributed by atoms with Gasteiger partial charge in [0.15, 0.2) is 0 Å². The van der Waals surface area contributed by atoms with Gasteiger partial charge in [0.2, 0.25) is 10.0 Å². The second-order valence-electron chi connectivity index (χ2n) is 4.56. The van der Waals surface area contributed by atoms with Crippen molar-refractivity contribution >= 4 is 34.0 Å². The van der Waals surface area contributed by atoms with E-state index in [1.54, 1.807) is 18.2 Å². The molecular weight excluding hydrogens is 307 g/mol. The van der Waals surface area contributed by atoms with Gasteiger partial charge in [0.05, 0.1) is 4.90 Å². The van der Waals surface area contributed by atoms with Crippen LogP contribution in [0, 0.1) is 5.92 Å². The predicted octanol–water partition coefficient (Wildman–Crippen LogP) is 2.12. The van der Waals surface area contributed by atoms with Gasteiger partial charge in [-0.3, -0.25) is 0 Å². The molecule has 0 amide bonds. The molecule has 108 valence electrons. The fourth-order valence-corrected chi connectivity index (χ4v) is 4.07. The first-order valence-electron chi connectivity index (χ1n) is 6.00. The van der Waals surface area contributed by atoms with Crippen molar-refractivity contribution in [3.8, 4) is 0 Å². The molecule has 1 aliphatic heterocycles. The van der Waals surface area contributed by atoms with Crippen molar-refractivity contribution in [1.29, 1.82) is 0 Å². The van der Waals surface area contributed by atoms with Gasteiger partial charge in [-0.2, -0.15) is 4.31 Å². The maximum Gasteiger partial charge on any atom is 0.243 e. The van der Waals surface area contributed by atoms with Gasteiger partial charge >= 0.3 is 0 Å². The van der Waals surface area contributed by atoms with Gasteiger partial charge in [-0.15, -0.1) is 12.4 Å². The van der Waals surface area contributed by atoms with E-state index in [-0.39, 0.29) is 23.2 Å². The van der Waals surface area contributed by atoms with E-state index in [9.17, 15) is 8.42 Å². The topological polar surface area (TPSA) is 63.4 Å². The molecule has 1 aromatic carbocycles. The molecule has 1 unspecified atom stereocenters. The van der Waals surface area contributed by atoms with Crippen molar-refractivity contribution in [3.05, 3.63) is 29.3 Å². The summed E-state index contributed by atoms with van der Waals surface area (Å²) in [6, 6.07) is 6.38. The Labute approximate surface area is 125 Å². The van der Waals surface area contributed by atoms with Crippen LogP contribution in [0.2, 0.25) is 5.02 Å². The van der Waals surface area contributed by atoms with Crippen LogP contribution in [0.5, 0.6) is 0 Å². The number of rotatable bonds is 3. The normalized spacial score (nSPS) is 20.8. The summed E-state index contributed by atoms with van der Waals surface area (Å²) in [4.78, 5) is 0.257. The highest BCUT2D eigenvalue weighted by Crippen LogP contribution is 2.24. The summed E-state index contributed by atoms with van der Waals surface area (Å²) in [7, 11) is -3.43. The third-order valence-electron chi connectivity index (χ3n) is 3.25. The standard InChI is InChI=1S/C12H17ClN2O2S.ClH/c13-11-4-1-5-12(7-11)18(16,17)15-6-2-3-10(8-14)9-15;/h1,4-5,7,10H,2-3,6,8-9,14H2;1H. The lowest BCUT2D eigenvalue weighted by Crippen LogP contribution is -2.41. The van der Waals surface area contributed by atoms with E-state index >= 15 is 0 Å². The Morgan fingerprint density at radius 1 is 1.42 bits per heavy atom. The maximum absolute atomic E-state index is 12.4. The minimum Gasteiger partial charge on any atom is -0.330 e. The monoisotopic (exact) mass is 324 g/mol. The quantitative estimate of drug-likeness (QED) is 0.926. The SMILES string of the molecule is Cl.NCC1CCCN(S(=O)(=O)c2cccc(Cl)c2)C1. The molecule has 4 nitrogen and oxygen atoms in total. The molecule has 0 bridgehead atoms. The molecule has 1 fully saturated rings. The first kappa shape index (κ1) is 16.7. The lowest BCUT2D eigenvalue weighted by molar-refractivity contribution is 0.271. The van der Waals surface area contributed by atoms with Crippen LogP contribution in [0.15, 0.2) is 29.2 Å². The Morgan fingerprint density at radius 3 is 2.79 bits per heavy atom. The Bertz CT molecular complexity index is 522. The van der Waals surface area contributed by atoms with Crippen molar-refractivity contribution in [2.45, 2.75) is 17.7 Å². The second kappa shape index (κ2) is 6.90. The highest BCUT2D eigenvalue weighted by atomic mass is 35.5. The number of nitrogens with two attached hydrogens (primary N) is 1. The molecule has 1 aliphatic rings. The highest BCUT2D eigenvalue weighted by Gasteiger charge is 2.29. The van der Waals surface area contributed by atoms with Crippen LogP contribution in [0.1, 0.15) is 12.8 Å². The summed E-state index contributed by atoms with van der Waals surface area (Å²) in [6.45, 7) is 1.60. The highest BCUT2D eigenvalue weighted by molar-refractivity contribution is 7.89. The van der Waals surface area contributed by atoms with Crippen molar-refractivity contribution in [2.24, 2.45) is 11.7 Å². The number of sulfonamides is 1. The number of halogens is 2. The number of hydrogen-bond acceptors (Lipinski definition) is 3. The summed E-state index contributed by atoms with van der Waals surface area (Å²) in [5.41, 5.74) is 5.63. The van der Waals surface area contributed by atoms with Crippen LogP contribution in [0.4, 0.5) is 0 Å². The largest absolute Gasteiger partial charge is 0.330 e. The zero-order valence-electron chi connectivity index (χ0n) is 10.5. The summed E-state index contributed by atoms with van der Waals surface area (Å²) >= 11 is 5.84. The Morgan fingerprint density at radius 2 is 2.16 bits per heavy atom. The molecule has 19 heavy (non-hydrogen) atoms. The van der Waals surface area contributed by atoms with Gasteiger partial charge in [0, 0.05) is 18.1 Å². The molecule has 1 aromatic rings. The number of piperidine rings is 1. The van der Waals surface area contributed by atoms with E-state index in [1.807, 2.05) is 0 Å². The summed E-state index contributed by atoms with van der Waals surface area (Å²) in [6.07, 6.45) is 1.86. The lowest BCUT2D eigenvalue weighted by Gasteiger charge is -2.31. The zero-order valence-corrected chi connectivity index (χ0v) is 12.8. The third kappa shape index (κ3) is 3.83. The summed E-state index contributed by atoms with van der Waals surface area (Å²) in [5, 5.41) is 0.434. The van der Waals surface area contributed by atoms with Crippen LogP contribution in [0.3, 0.4) is 0 Å². The summed E-state index contributed by atoms with van der Waals surface area (Å²) < 4.78 is 26.4. The van der Waals surface area contributed by atoms with Crippen LogP contribution in [0.25, 0.3) is 0 Å². The average Bonchev–Trinajstić information content (AvgIpc) is 2.39. The maximum atomic E-state index is 12.4. The molecular formula is C12H18Cl2N2O2S. The van der Waals surface area contributed by atoms with Gasteiger partial charge in [-0.1, -0.05) is 17.7 Å². The minimum atomic E-state index is -3.43. The van der Waals surface area contributed by atoms with Crippen molar-refractivity contribution in [2.75, 3.05) is 19.6 Å². The molecule has 0 aromatic heterocycles. The Balaban J connectivity index is 0.00000180. The zero-order chi connectivity index (χ0) is 13.2. The van der Waals surface area contributed by atoms with E-state index in [1.165, 1.54) is 10.4 Å². The first-order valence-corrected chi connectivity index (χ1v) is 7.81. The molecule has 1 saturated heterocycles. The average molecular weight is 325 g/mol. The van der Waals surface area contributed by atoms with Gasteiger partial charge in [0.1, 0.15) is 0 Å². The lowest BCUT2D eigenvalue weighted by atomic mass is 10.0. The minimum absolute atomic E-state index is 0. The van der Waals surface area contributed by atoms with E-state index in [4.69, 9.17) is 17.3 Å². The number of benzene rings is 1. The molecule has 0 spiro atoms. The van der Waals surface area contributed by atoms with Crippen molar-refractivity contribution < 1.29 is 8.42 Å². The number of hydrogen-bond donors (Lipinski definition) is 1.